The highest BCUT2D eigenvalue weighted by molar-refractivity contribution is 5.67. The molecule has 4 nitrogen and oxygen atoms in total. The highest BCUT2D eigenvalue weighted by Gasteiger charge is 2.26. The molecule has 1 heterocycles. The zero-order valence-electron chi connectivity index (χ0n) is 14.5. The standard InChI is InChI=1S/C17H34N2O2/c1-6-13(2)11-15(14-7-9-18-10-8-14)12-19-16(20)21-17(3,4)5/h13-15,18H,6-12H2,1-5H3,(H,19,20)/t13-,15-/m0/s1. The molecule has 0 saturated carbocycles. The maximum Gasteiger partial charge on any atom is 0.407 e. The van der Waals surface area contributed by atoms with Crippen molar-refractivity contribution in [3.8, 4) is 0 Å². The summed E-state index contributed by atoms with van der Waals surface area (Å²) in [5.74, 6) is 2.00. The van der Waals surface area contributed by atoms with Gasteiger partial charge in [-0.05, 0) is 70.9 Å². The average molecular weight is 298 g/mol. The van der Waals surface area contributed by atoms with Crippen molar-refractivity contribution in [2.24, 2.45) is 17.8 Å². The molecule has 1 amide bonds. The van der Waals surface area contributed by atoms with Gasteiger partial charge < -0.3 is 15.4 Å². The number of nitrogens with one attached hydrogen (secondary N) is 2. The van der Waals surface area contributed by atoms with Crippen LogP contribution in [0.5, 0.6) is 0 Å². The molecule has 0 unspecified atom stereocenters. The van der Waals surface area contributed by atoms with Crippen LogP contribution in [0.15, 0.2) is 0 Å². The summed E-state index contributed by atoms with van der Waals surface area (Å²) < 4.78 is 5.34. The van der Waals surface area contributed by atoms with E-state index in [-0.39, 0.29) is 6.09 Å². The summed E-state index contributed by atoms with van der Waals surface area (Å²) in [6.07, 6.45) is 4.55. The Kier molecular flexibility index (Phi) is 7.50. The van der Waals surface area contributed by atoms with Crippen molar-refractivity contribution in [2.75, 3.05) is 19.6 Å². The Bertz CT molecular complexity index is 306. The number of hydrogen-bond acceptors (Lipinski definition) is 3. The number of hydrogen-bond donors (Lipinski definition) is 2. The van der Waals surface area contributed by atoms with Crippen LogP contribution in [0.3, 0.4) is 0 Å². The molecule has 0 spiro atoms. The fraction of sp³-hybridized carbons (Fsp3) is 0.941. The number of ether oxygens (including phenoxy) is 1. The van der Waals surface area contributed by atoms with Crippen LogP contribution >= 0.6 is 0 Å². The molecule has 0 aromatic carbocycles. The largest absolute Gasteiger partial charge is 0.444 e. The fourth-order valence-electron chi connectivity index (χ4n) is 2.97. The van der Waals surface area contributed by atoms with Crippen LogP contribution in [0.4, 0.5) is 4.79 Å². The van der Waals surface area contributed by atoms with Gasteiger partial charge in [0, 0.05) is 6.54 Å². The number of alkyl carbamates (subject to hydrolysis) is 1. The summed E-state index contributed by atoms with van der Waals surface area (Å²) in [5.41, 5.74) is -0.426. The quantitative estimate of drug-likeness (QED) is 0.788. The summed E-state index contributed by atoms with van der Waals surface area (Å²) in [5, 5.41) is 6.41. The lowest BCUT2D eigenvalue weighted by Crippen LogP contribution is -2.40. The van der Waals surface area contributed by atoms with E-state index in [1.165, 1.54) is 25.7 Å². The first-order valence-electron chi connectivity index (χ1n) is 8.49. The summed E-state index contributed by atoms with van der Waals surface area (Å²) in [4.78, 5) is 11.9. The molecule has 0 bridgehead atoms. The van der Waals surface area contributed by atoms with Crippen molar-refractivity contribution in [1.29, 1.82) is 0 Å². The molecule has 124 valence electrons. The minimum absolute atomic E-state index is 0.286. The molecule has 0 radical (unpaired) electrons. The van der Waals surface area contributed by atoms with Gasteiger partial charge >= 0.3 is 6.09 Å². The van der Waals surface area contributed by atoms with Gasteiger partial charge in [-0.1, -0.05) is 20.3 Å². The maximum absolute atomic E-state index is 11.9. The Labute approximate surface area is 130 Å². The van der Waals surface area contributed by atoms with E-state index >= 15 is 0 Å². The van der Waals surface area contributed by atoms with Gasteiger partial charge in [0.05, 0.1) is 0 Å². The minimum atomic E-state index is -0.426. The van der Waals surface area contributed by atoms with Crippen molar-refractivity contribution >= 4 is 6.09 Å². The zero-order chi connectivity index (χ0) is 15.9. The number of piperidine rings is 1. The van der Waals surface area contributed by atoms with Crippen molar-refractivity contribution in [3.63, 3.8) is 0 Å². The van der Waals surface area contributed by atoms with E-state index in [4.69, 9.17) is 4.74 Å². The highest BCUT2D eigenvalue weighted by Crippen LogP contribution is 2.28. The van der Waals surface area contributed by atoms with Gasteiger partial charge in [0.1, 0.15) is 5.60 Å². The zero-order valence-corrected chi connectivity index (χ0v) is 14.5. The van der Waals surface area contributed by atoms with Crippen molar-refractivity contribution in [2.45, 2.75) is 65.9 Å². The molecule has 1 aliphatic rings. The number of amides is 1. The normalized spacial score (nSPS) is 19.9. The topological polar surface area (TPSA) is 50.4 Å². The molecule has 0 aliphatic carbocycles. The number of carbonyl (C=O) groups excluding carboxylic acids is 1. The Morgan fingerprint density at radius 3 is 2.48 bits per heavy atom. The van der Waals surface area contributed by atoms with Crippen molar-refractivity contribution in [1.82, 2.24) is 10.6 Å². The molecule has 0 aromatic rings. The second kappa shape index (κ2) is 8.62. The van der Waals surface area contributed by atoms with Crippen LogP contribution in [0, 0.1) is 17.8 Å². The van der Waals surface area contributed by atoms with E-state index in [1.807, 2.05) is 20.8 Å². The Morgan fingerprint density at radius 1 is 1.33 bits per heavy atom. The van der Waals surface area contributed by atoms with Gasteiger partial charge in [0.25, 0.3) is 0 Å². The van der Waals surface area contributed by atoms with E-state index in [0.29, 0.717) is 11.8 Å². The second-order valence-corrected chi connectivity index (χ2v) is 7.48. The third-order valence-corrected chi connectivity index (χ3v) is 4.36. The SMILES string of the molecule is CC[C@H](C)C[C@@H](CNC(=O)OC(C)(C)C)C1CCNCC1. The summed E-state index contributed by atoms with van der Waals surface area (Å²) >= 11 is 0. The van der Waals surface area contributed by atoms with Gasteiger partial charge in [-0.25, -0.2) is 4.79 Å². The van der Waals surface area contributed by atoms with Crippen LogP contribution in [-0.2, 0) is 4.74 Å². The van der Waals surface area contributed by atoms with Crippen molar-refractivity contribution < 1.29 is 9.53 Å². The van der Waals surface area contributed by atoms with E-state index in [9.17, 15) is 4.79 Å². The van der Waals surface area contributed by atoms with Crippen LogP contribution in [0.2, 0.25) is 0 Å². The first kappa shape index (κ1) is 18.3. The highest BCUT2D eigenvalue weighted by atomic mass is 16.6. The van der Waals surface area contributed by atoms with E-state index in [1.54, 1.807) is 0 Å². The molecular weight excluding hydrogens is 264 g/mol. The van der Waals surface area contributed by atoms with Gasteiger partial charge in [-0.3, -0.25) is 0 Å². The Hall–Kier alpha value is -0.770. The summed E-state index contributed by atoms with van der Waals surface area (Å²) in [6, 6.07) is 0. The van der Waals surface area contributed by atoms with Crippen LogP contribution in [0.1, 0.15) is 60.3 Å². The molecule has 21 heavy (non-hydrogen) atoms. The summed E-state index contributed by atoms with van der Waals surface area (Å²) in [6.45, 7) is 13.2. The van der Waals surface area contributed by atoms with E-state index in [0.717, 1.165) is 25.6 Å². The lowest BCUT2D eigenvalue weighted by molar-refractivity contribution is 0.0505. The Balaban J connectivity index is 2.49. The average Bonchev–Trinajstić information content (AvgIpc) is 2.42. The molecule has 4 heteroatoms. The maximum atomic E-state index is 11.9. The van der Waals surface area contributed by atoms with E-state index in [2.05, 4.69) is 24.5 Å². The van der Waals surface area contributed by atoms with Gasteiger partial charge in [-0.2, -0.15) is 0 Å². The predicted molar refractivity (Wildman–Crippen MR) is 87.4 cm³/mol. The lowest BCUT2D eigenvalue weighted by atomic mass is 9.79. The van der Waals surface area contributed by atoms with Crippen LogP contribution < -0.4 is 10.6 Å². The molecule has 0 aromatic heterocycles. The first-order valence-corrected chi connectivity index (χ1v) is 8.49. The van der Waals surface area contributed by atoms with E-state index < -0.39 is 5.60 Å². The molecule has 2 N–H and O–H groups in total. The summed E-state index contributed by atoms with van der Waals surface area (Å²) in [7, 11) is 0. The van der Waals surface area contributed by atoms with Crippen molar-refractivity contribution in [3.05, 3.63) is 0 Å². The Morgan fingerprint density at radius 2 is 1.95 bits per heavy atom. The van der Waals surface area contributed by atoms with Gasteiger partial charge in [-0.15, -0.1) is 0 Å². The third-order valence-electron chi connectivity index (χ3n) is 4.36. The first-order chi connectivity index (χ1) is 9.81. The monoisotopic (exact) mass is 298 g/mol. The second-order valence-electron chi connectivity index (χ2n) is 7.48. The van der Waals surface area contributed by atoms with Crippen LogP contribution in [0.25, 0.3) is 0 Å². The van der Waals surface area contributed by atoms with Gasteiger partial charge in [0.2, 0.25) is 0 Å². The minimum Gasteiger partial charge on any atom is -0.444 e. The smallest absolute Gasteiger partial charge is 0.407 e. The molecule has 1 saturated heterocycles. The predicted octanol–water partition coefficient (Wildman–Crippen LogP) is 3.56. The number of rotatable bonds is 6. The number of carbonyl (C=O) groups is 1. The molecule has 2 atom stereocenters. The van der Waals surface area contributed by atoms with Crippen LogP contribution in [-0.4, -0.2) is 31.3 Å². The lowest BCUT2D eigenvalue weighted by Gasteiger charge is -2.32. The fourth-order valence-corrected chi connectivity index (χ4v) is 2.97. The molecule has 1 aliphatic heterocycles. The third kappa shape index (κ3) is 7.70. The van der Waals surface area contributed by atoms with Gasteiger partial charge in [0.15, 0.2) is 0 Å². The molecular formula is C17H34N2O2. The molecule has 1 fully saturated rings. The molecule has 1 rings (SSSR count).